The van der Waals surface area contributed by atoms with Crippen LogP contribution in [-0.2, 0) is 12.8 Å². The molecular formula is C22H24ClFeN3. The molecule has 0 bridgehead atoms. The van der Waals surface area contributed by atoms with Crippen LogP contribution in [0.1, 0.15) is 11.1 Å². The van der Waals surface area contributed by atoms with Crippen LogP contribution in [0.25, 0.3) is 0 Å². The fourth-order valence-electron chi connectivity index (χ4n) is 2.38. The Morgan fingerprint density at radius 2 is 1.22 bits per heavy atom. The summed E-state index contributed by atoms with van der Waals surface area (Å²) in [7, 11) is 0. The van der Waals surface area contributed by atoms with Crippen LogP contribution in [0.2, 0.25) is 5.82 Å². The Kier molecular flexibility index (Phi) is 7.49. The number of hydrogen-bond acceptors (Lipinski definition) is 3. The van der Waals surface area contributed by atoms with Crippen molar-refractivity contribution in [3.8, 4) is 0 Å². The summed E-state index contributed by atoms with van der Waals surface area (Å²) < 4.78 is 1.04. The SMILES string of the molecule is Cc1ccccc1N=[CH][Fe]([CH3])([CH]=Nc1ccccc1C)[c]1ccccn1.Cl. The van der Waals surface area contributed by atoms with Crippen LogP contribution in [0.3, 0.4) is 0 Å². The molecule has 0 radical (unpaired) electrons. The molecule has 0 N–H and O–H groups in total. The van der Waals surface area contributed by atoms with Gasteiger partial charge in [-0.2, -0.15) is 0 Å². The van der Waals surface area contributed by atoms with E-state index in [1.807, 2.05) is 54.7 Å². The van der Waals surface area contributed by atoms with Gasteiger partial charge in [-0.1, -0.05) is 0 Å². The summed E-state index contributed by atoms with van der Waals surface area (Å²) in [4.78, 5) is 14.2. The Labute approximate surface area is 170 Å². The zero-order valence-electron chi connectivity index (χ0n) is 15.7. The molecule has 2 aromatic carbocycles. The molecule has 0 aliphatic rings. The molecule has 0 aliphatic heterocycles. The van der Waals surface area contributed by atoms with Crippen LogP contribution >= 0.6 is 12.4 Å². The number of aryl methyl sites for hydroxylation is 2. The van der Waals surface area contributed by atoms with Gasteiger partial charge in [-0.25, -0.2) is 0 Å². The number of nitrogens with zero attached hydrogens (tertiary/aromatic N) is 3. The summed E-state index contributed by atoms with van der Waals surface area (Å²) in [6.07, 6.45) is 1.83. The van der Waals surface area contributed by atoms with E-state index in [-0.39, 0.29) is 12.4 Å². The second-order valence-corrected chi connectivity index (χ2v) is 10.0. The van der Waals surface area contributed by atoms with Gasteiger partial charge in [0.2, 0.25) is 0 Å². The van der Waals surface area contributed by atoms with Crippen molar-refractivity contribution >= 4 is 38.6 Å². The fourth-order valence-corrected chi connectivity index (χ4v) is 4.54. The fraction of sp³-hybridized carbons (Fsp3) is 0.136. The van der Waals surface area contributed by atoms with E-state index in [0.717, 1.165) is 27.1 Å². The van der Waals surface area contributed by atoms with Crippen LogP contribution in [0.15, 0.2) is 82.9 Å². The minimum Gasteiger partial charge on any atom is -0.147 e. The van der Waals surface area contributed by atoms with E-state index in [9.17, 15) is 0 Å². The zero-order chi connectivity index (χ0) is 18.4. The summed E-state index contributed by atoms with van der Waals surface area (Å²) in [6, 6.07) is 22.3. The largest absolute Gasteiger partial charge is 0.147 e. The molecule has 0 unspecified atom stereocenters. The van der Waals surface area contributed by atoms with E-state index in [1.165, 1.54) is 0 Å². The summed E-state index contributed by atoms with van der Waals surface area (Å²) in [5, 5.41) is 4.11. The number of pyridine rings is 1. The monoisotopic (exact) mass is 421 g/mol. The first-order chi connectivity index (χ1) is 12.6. The van der Waals surface area contributed by atoms with E-state index in [0.29, 0.717) is 0 Å². The molecule has 27 heavy (non-hydrogen) atoms. The number of rotatable bonds is 5. The molecular weight excluding hydrogens is 398 g/mol. The first-order valence-corrected chi connectivity index (χ1v) is 11.3. The van der Waals surface area contributed by atoms with Gasteiger partial charge >= 0.3 is 158 Å². The molecule has 0 amide bonds. The van der Waals surface area contributed by atoms with Crippen molar-refractivity contribution in [2.45, 2.75) is 19.7 Å². The van der Waals surface area contributed by atoms with Gasteiger partial charge in [-0.05, 0) is 0 Å². The minimum atomic E-state index is -2.06. The zero-order valence-corrected chi connectivity index (χ0v) is 17.6. The van der Waals surface area contributed by atoms with Crippen LogP contribution in [0.4, 0.5) is 11.4 Å². The number of aliphatic imine (C=N–C) groups is 2. The van der Waals surface area contributed by atoms with Crippen molar-refractivity contribution in [1.82, 2.24) is 4.98 Å². The smallest absolute Gasteiger partial charge is 0.147 e. The molecule has 0 spiro atoms. The Balaban J connectivity index is 0.00000261. The second kappa shape index (κ2) is 9.61. The van der Waals surface area contributed by atoms with Gasteiger partial charge < -0.3 is 0 Å². The molecule has 0 saturated heterocycles. The quantitative estimate of drug-likeness (QED) is 0.386. The first-order valence-electron chi connectivity index (χ1n) is 8.33. The van der Waals surface area contributed by atoms with E-state index in [4.69, 9.17) is 9.98 Å². The maximum Gasteiger partial charge on any atom is -0.147 e. The molecule has 1 heterocycles. The maximum atomic E-state index is 4.79. The second-order valence-electron chi connectivity index (χ2n) is 6.06. The summed E-state index contributed by atoms with van der Waals surface area (Å²) in [6.45, 7) is 4.15. The third-order valence-electron chi connectivity index (χ3n) is 3.99. The minimum absolute atomic E-state index is 0. The van der Waals surface area contributed by atoms with Gasteiger partial charge in [-0.3, -0.25) is 0 Å². The van der Waals surface area contributed by atoms with Crippen molar-refractivity contribution in [3.63, 3.8) is 0 Å². The first kappa shape index (κ1) is 21.0. The van der Waals surface area contributed by atoms with Gasteiger partial charge in [0, 0.05) is 0 Å². The van der Waals surface area contributed by atoms with Gasteiger partial charge in [0.1, 0.15) is 0 Å². The molecule has 0 aliphatic carbocycles. The maximum absolute atomic E-state index is 4.79. The Morgan fingerprint density at radius 3 is 1.67 bits per heavy atom. The van der Waals surface area contributed by atoms with Crippen molar-refractivity contribution in [1.29, 1.82) is 0 Å². The molecule has 3 nitrogen and oxygen atoms in total. The number of aromatic nitrogens is 1. The number of para-hydroxylation sites is 2. The Hall–Kier alpha value is -2.26. The van der Waals surface area contributed by atoms with Crippen molar-refractivity contribution in [3.05, 3.63) is 84.1 Å². The number of hydrogen-bond donors (Lipinski definition) is 0. The van der Waals surface area contributed by atoms with Crippen LogP contribution in [0.5, 0.6) is 0 Å². The van der Waals surface area contributed by atoms with E-state index in [2.05, 4.69) is 53.1 Å². The summed E-state index contributed by atoms with van der Waals surface area (Å²) in [5.74, 6) is 2.21. The van der Waals surface area contributed by atoms with Gasteiger partial charge in [0.15, 0.2) is 0 Å². The Bertz CT molecular complexity index is 884. The molecule has 3 aromatic rings. The molecule has 0 fully saturated rings. The topological polar surface area (TPSA) is 37.6 Å². The van der Waals surface area contributed by atoms with Gasteiger partial charge in [-0.15, -0.1) is 12.4 Å². The molecule has 0 saturated carbocycles. The third-order valence-corrected chi connectivity index (χ3v) is 7.01. The predicted octanol–water partition coefficient (Wildman–Crippen LogP) is 5.67. The average molecular weight is 422 g/mol. The normalized spacial score (nSPS) is 14.6. The van der Waals surface area contributed by atoms with E-state index in [1.54, 1.807) is 0 Å². The predicted molar refractivity (Wildman–Crippen MR) is 116 cm³/mol. The van der Waals surface area contributed by atoms with Crippen LogP contribution in [-0.4, -0.2) is 15.2 Å². The van der Waals surface area contributed by atoms with E-state index >= 15 is 0 Å². The molecule has 5 heteroatoms. The van der Waals surface area contributed by atoms with Crippen molar-refractivity contribution in [2.24, 2.45) is 9.98 Å². The molecule has 3 rings (SSSR count). The average Bonchev–Trinajstić information content (AvgIpc) is 2.67. The van der Waals surface area contributed by atoms with Crippen molar-refractivity contribution < 1.29 is 12.8 Å². The van der Waals surface area contributed by atoms with Crippen LogP contribution < -0.4 is 4.59 Å². The molecule has 1 aromatic heterocycles. The Morgan fingerprint density at radius 1 is 0.741 bits per heavy atom. The molecule has 142 valence electrons. The third kappa shape index (κ3) is 5.36. The van der Waals surface area contributed by atoms with E-state index < -0.39 is 12.8 Å². The summed E-state index contributed by atoms with van der Waals surface area (Å²) >= 11 is -2.06. The molecule has 0 atom stereocenters. The van der Waals surface area contributed by atoms with Gasteiger partial charge in [0.25, 0.3) is 0 Å². The van der Waals surface area contributed by atoms with Crippen LogP contribution in [0, 0.1) is 13.8 Å². The number of benzene rings is 2. The summed E-state index contributed by atoms with van der Waals surface area (Å²) in [5.41, 5.74) is 4.30. The standard InChI is InChI=1S/2C8H8N.C5H4N.CH3.ClH.Fe/c2*1-7-5-3-4-6-8(7)9-2;1-2-4-6-5-3-1;;;/h2*2-6H,1H3;1-4H;1H3;1H;. The number of halogens is 1. The van der Waals surface area contributed by atoms with Gasteiger partial charge in [0.05, 0.1) is 0 Å². The van der Waals surface area contributed by atoms with Crippen molar-refractivity contribution in [2.75, 3.05) is 0 Å².